The van der Waals surface area contributed by atoms with Gasteiger partial charge in [0.05, 0.1) is 7.11 Å². The summed E-state index contributed by atoms with van der Waals surface area (Å²) in [7, 11) is 1.33. The van der Waals surface area contributed by atoms with E-state index in [1.54, 1.807) is 12.1 Å². The summed E-state index contributed by atoms with van der Waals surface area (Å²) in [5.74, 6) is -0.684. The molecule has 5 nitrogen and oxygen atoms in total. The largest absolute Gasteiger partial charge is 0.467 e. The first kappa shape index (κ1) is 15.1. The highest BCUT2D eigenvalue weighted by molar-refractivity contribution is 5.99. The Bertz CT molecular complexity index is 648. The summed E-state index contributed by atoms with van der Waals surface area (Å²) >= 11 is 0. The highest BCUT2D eigenvalue weighted by atomic mass is 16.5. The molecule has 1 aromatic carbocycles. The number of carbonyl (C=O) groups is 2. The minimum absolute atomic E-state index is 0.00983. The van der Waals surface area contributed by atoms with Crippen molar-refractivity contribution < 1.29 is 14.3 Å². The fourth-order valence-electron chi connectivity index (χ4n) is 2.21. The second-order valence-electron chi connectivity index (χ2n) is 5.14. The molecular weight excluding hydrogens is 268 g/mol. The van der Waals surface area contributed by atoms with E-state index in [0.717, 1.165) is 17.3 Å². The average Bonchev–Trinajstić information content (AvgIpc) is 2.98. The summed E-state index contributed by atoms with van der Waals surface area (Å²) in [6.07, 6.45) is 2.60. The van der Waals surface area contributed by atoms with Crippen molar-refractivity contribution >= 4 is 22.8 Å². The van der Waals surface area contributed by atoms with Gasteiger partial charge in [0.15, 0.2) is 0 Å². The number of aromatic nitrogens is 1. The van der Waals surface area contributed by atoms with E-state index in [1.165, 1.54) is 7.11 Å². The van der Waals surface area contributed by atoms with E-state index < -0.39 is 12.0 Å². The van der Waals surface area contributed by atoms with Gasteiger partial charge in [0.25, 0.3) is 5.91 Å². The fraction of sp³-hybridized carbons (Fsp3) is 0.375. The summed E-state index contributed by atoms with van der Waals surface area (Å²) in [5, 5.41) is 3.80. The molecule has 2 unspecified atom stereocenters. The third kappa shape index (κ3) is 3.24. The van der Waals surface area contributed by atoms with Gasteiger partial charge in [-0.1, -0.05) is 26.3 Å². The zero-order valence-electron chi connectivity index (χ0n) is 12.5. The Morgan fingerprint density at radius 2 is 2.10 bits per heavy atom. The number of hydrogen-bond donors (Lipinski definition) is 2. The number of benzene rings is 1. The molecule has 1 amide bonds. The van der Waals surface area contributed by atoms with Crippen LogP contribution < -0.4 is 5.32 Å². The second kappa shape index (κ2) is 6.43. The van der Waals surface area contributed by atoms with E-state index >= 15 is 0 Å². The zero-order valence-corrected chi connectivity index (χ0v) is 12.5. The van der Waals surface area contributed by atoms with Crippen LogP contribution in [-0.2, 0) is 9.53 Å². The number of ether oxygens (including phenoxy) is 1. The maximum Gasteiger partial charge on any atom is 0.328 e. The number of carbonyl (C=O) groups excluding carboxylic acids is 2. The molecule has 2 rings (SSSR count). The number of nitrogens with one attached hydrogen (secondary N) is 2. The zero-order chi connectivity index (χ0) is 15.4. The van der Waals surface area contributed by atoms with E-state index in [4.69, 9.17) is 4.74 Å². The SMILES string of the molecule is CCC(C)C(NC(=O)c1ccc2cc[nH]c2c1)C(=O)OC. The number of amides is 1. The summed E-state index contributed by atoms with van der Waals surface area (Å²) in [6.45, 7) is 3.88. The second-order valence-corrected chi connectivity index (χ2v) is 5.14. The molecule has 0 radical (unpaired) electrons. The molecule has 0 spiro atoms. The van der Waals surface area contributed by atoms with Gasteiger partial charge >= 0.3 is 5.97 Å². The van der Waals surface area contributed by atoms with Crippen molar-refractivity contribution in [2.75, 3.05) is 7.11 Å². The van der Waals surface area contributed by atoms with E-state index in [2.05, 4.69) is 10.3 Å². The topological polar surface area (TPSA) is 71.2 Å². The number of H-pyrrole nitrogens is 1. The first-order chi connectivity index (χ1) is 10.1. The van der Waals surface area contributed by atoms with Crippen LogP contribution in [0.25, 0.3) is 10.9 Å². The van der Waals surface area contributed by atoms with Gasteiger partial charge in [0.2, 0.25) is 0 Å². The molecule has 5 heteroatoms. The molecule has 2 N–H and O–H groups in total. The van der Waals surface area contributed by atoms with Gasteiger partial charge in [-0.2, -0.15) is 0 Å². The molecule has 112 valence electrons. The van der Waals surface area contributed by atoms with Crippen molar-refractivity contribution in [2.24, 2.45) is 5.92 Å². The molecule has 0 saturated carbocycles. The quantitative estimate of drug-likeness (QED) is 0.830. The molecule has 0 aliphatic heterocycles. The Kier molecular flexibility index (Phi) is 4.62. The number of methoxy groups -OCH3 is 1. The van der Waals surface area contributed by atoms with Gasteiger partial charge in [-0.15, -0.1) is 0 Å². The number of esters is 1. The number of aromatic amines is 1. The number of rotatable bonds is 5. The normalized spacial score (nSPS) is 13.7. The lowest BCUT2D eigenvalue weighted by molar-refractivity contribution is -0.144. The molecule has 0 saturated heterocycles. The van der Waals surface area contributed by atoms with E-state index in [1.807, 2.05) is 32.2 Å². The summed E-state index contributed by atoms with van der Waals surface area (Å²) in [5.41, 5.74) is 1.41. The standard InChI is InChI=1S/C16H20N2O3/c1-4-10(2)14(16(20)21-3)18-15(19)12-6-5-11-7-8-17-13(11)9-12/h5-10,14,17H,4H2,1-3H3,(H,18,19). The van der Waals surface area contributed by atoms with Crippen LogP contribution >= 0.6 is 0 Å². The third-order valence-corrected chi connectivity index (χ3v) is 3.77. The average molecular weight is 288 g/mol. The molecule has 2 aromatic rings. The number of hydrogen-bond acceptors (Lipinski definition) is 3. The molecule has 1 heterocycles. The van der Waals surface area contributed by atoms with Gasteiger partial charge in [0, 0.05) is 17.3 Å². The molecule has 2 atom stereocenters. The predicted octanol–water partition coefficient (Wildman–Crippen LogP) is 2.49. The van der Waals surface area contributed by atoms with E-state index in [-0.39, 0.29) is 11.8 Å². The third-order valence-electron chi connectivity index (χ3n) is 3.77. The van der Waals surface area contributed by atoms with Crippen LogP contribution in [0, 0.1) is 5.92 Å². The van der Waals surface area contributed by atoms with Crippen molar-refractivity contribution in [1.29, 1.82) is 0 Å². The van der Waals surface area contributed by atoms with Crippen LogP contribution in [0.15, 0.2) is 30.5 Å². The maximum absolute atomic E-state index is 12.3. The Morgan fingerprint density at radius 3 is 2.76 bits per heavy atom. The van der Waals surface area contributed by atoms with Gasteiger partial charge in [0.1, 0.15) is 6.04 Å². The Labute approximate surface area is 123 Å². The molecule has 0 fully saturated rings. The summed E-state index contributed by atoms with van der Waals surface area (Å²) in [4.78, 5) is 27.2. The lowest BCUT2D eigenvalue weighted by Crippen LogP contribution is -2.45. The Balaban J connectivity index is 2.19. The Morgan fingerprint density at radius 1 is 1.33 bits per heavy atom. The molecule has 0 bridgehead atoms. The molecule has 0 aliphatic carbocycles. The molecular formula is C16H20N2O3. The molecule has 21 heavy (non-hydrogen) atoms. The van der Waals surface area contributed by atoms with Crippen LogP contribution in [0.4, 0.5) is 0 Å². The Hall–Kier alpha value is -2.30. The lowest BCUT2D eigenvalue weighted by atomic mass is 9.98. The van der Waals surface area contributed by atoms with E-state index in [9.17, 15) is 9.59 Å². The first-order valence-corrected chi connectivity index (χ1v) is 7.02. The van der Waals surface area contributed by atoms with Crippen LogP contribution in [-0.4, -0.2) is 30.0 Å². The highest BCUT2D eigenvalue weighted by Gasteiger charge is 2.27. The first-order valence-electron chi connectivity index (χ1n) is 7.02. The van der Waals surface area contributed by atoms with Crippen LogP contribution in [0.2, 0.25) is 0 Å². The summed E-state index contributed by atoms with van der Waals surface area (Å²) in [6, 6.07) is 6.70. The predicted molar refractivity (Wildman–Crippen MR) is 81.0 cm³/mol. The minimum Gasteiger partial charge on any atom is -0.467 e. The monoisotopic (exact) mass is 288 g/mol. The van der Waals surface area contributed by atoms with Crippen molar-refractivity contribution in [1.82, 2.24) is 10.3 Å². The number of fused-ring (bicyclic) bond motifs is 1. The highest BCUT2D eigenvalue weighted by Crippen LogP contribution is 2.15. The van der Waals surface area contributed by atoms with Gasteiger partial charge in [-0.3, -0.25) is 4.79 Å². The van der Waals surface area contributed by atoms with Gasteiger partial charge < -0.3 is 15.0 Å². The van der Waals surface area contributed by atoms with Crippen molar-refractivity contribution in [3.8, 4) is 0 Å². The fourth-order valence-corrected chi connectivity index (χ4v) is 2.21. The minimum atomic E-state index is -0.633. The van der Waals surface area contributed by atoms with Crippen molar-refractivity contribution in [3.63, 3.8) is 0 Å². The van der Waals surface area contributed by atoms with Crippen LogP contribution in [0.3, 0.4) is 0 Å². The van der Waals surface area contributed by atoms with Crippen LogP contribution in [0.1, 0.15) is 30.6 Å². The van der Waals surface area contributed by atoms with Crippen molar-refractivity contribution in [3.05, 3.63) is 36.0 Å². The lowest BCUT2D eigenvalue weighted by Gasteiger charge is -2.21. The van der Waals surface area contributed by atoms with E-state index in [0.29, 0.717) is 5.56 Å². The summed E-state index contributed by atoms with van der Waals surface area (Å²) < 4.78 is 4.77. The van der Waals surface area contributed by atoms with Gasteiger partial charge in [-0.05, 0) is 29.5 Å². The van der Waals surface area contributed by atoms with Crippen molar-refractivity contribution in [2.45, 2.75) is 26.3 Å². The smallest absolute Gasteiger partial charge is 0.328 e. The van der Waals surface area contributed by atoms with Crippen LogP contribution in [0.5, 0.6) is 0 Å². The maximum atomic E-state index is 12.3. The molecule has 1 aromatic heterocycles. The van der Waals surface area contributed by atoms with Gasteiger partial charge in [-0.25, -0.2) is 4.79 Å². The molecule has 0 aliphatic rings.